The molecule has 0 bridgehead atoms. The Balaban J connectivity index is 4.32. The summed E-state index contributed by atoms with van der Waals surface area (Å²) < 4.78 is 16.6. The second kappa shape index (κ2) is 45.8. The quantitative estimate of drug-likeness (QED) is 0.0265. The number of rotatable bonds is 42. The molecule has 0 saturated carbocycles. The van der Waals surface area contributed by atoms with Crippen LogP contribution < -0.4 is 0 Å². The second-order valence-corrected chi connectivity index (χ2v) is 15.6. The third-order valence-corrected chi connectivity index (χ3v) is 10.0. The molecular weight excluding hydrogens is 709 g/mol. The van der Waals surface area contributed by atoms with Crippen LogP contribution in [0.1, 0.15) is 226 Å². The van der Waals surface area contributed by atoms with Gasteiger partial charge in [0.1, 0.15) is 13.2 Å². The molecule has 0 aromatic rings. The number of carbonyl (C=O) groups is 3. The maximum atomic E-state index is 12.7. The predicted molar refractivity (Wildman–Crippen MR) is 242 cm³/mol. The summed E-state index contributed by atoms with van der Waals surface area (Å²) in [5.41, 5.74) is 0. The van der Waals surface area contributed by atoms with Gasteiger partial charge in [-0.1, -0.05) is 197 Å². The van der Waals surface area contributed by atoms with Crippen molar-refractivity contribution in [3.63, 3.8) is 0 Å². The lowest BCUT2D eigenvalue weighted by Gasteiger charge is -2.18. The Morgan fingerprint density at radius 3 is 1.14 bits per heavy atom. The molecule has 1 atom stereocenters. The summed E-state index contributed by atoms with van der Waals surface area (Å²) in [4.78, 5) is 37.6. The highest BCUT2D eigenvalue weighted by molar-refractivity contribution is 5.71. The van der Waals surface area contributed by atoms with Gasteiger partial charge in [-0.15, -0.1) is 0 Å². The molecule has 0 aromatic heterocycles. The van der Waals surface area contributed by atoms with E-state index in [1.165, 1.54) is 116 Å². The fourth-order valence-corrected chi connectivity index (χ4v) is 6.45. The van der Waals surface area contributed by atoms with E-state index in [-0.39, 0.29) is 31.6 Å². The van der Waals surface area contributed by atoms with Crippen LogP contribution in [0.2, 0.25) is 0 Å². The third-order valence-electron chi connectivity index (χ3n) is 10.0. The van der Waals surface area contributed by atoms with E-state index in [1.807, 2.05) is 12.2 Å². The van der Waals surface area contributed by atoms with E-state index in [0.717, 1.165) is 64.2 Å². The molecule has 0 aromatic carbocycles. The molecule has 0 spiro atoms. The summed E-state index contributed by atoms with van der Waals surface area (Å²) in [7, 11) is 0. The number of hydrogen-bond acceptors (Lipinski definition) is 6. The Hall–Kier alpha value is -2.89. The van der Waals surface area contributed by atoms with Crippen LogP contribution in [0.25, 0.3) is 0 Å². The average molecular weight is 797 g/mol. The molecule has 1 unspecified atom stereocenters. The zero-order chi connectivity index (χ0) is 41.5. The Kier molecular flexibility index (Phi) is 43.5. The first-order chi connectivity index (χ1) is 28.0. The van der Waals surface area contributed by atoms with Crippen LogP contribution in [0.15, 0.2) is 60.8 Å². The highest BCUT2D eigenvalue weighted by atomic mass is 16.6. The van der Waals surface area contributed by atoms with Gasteiger partial charge in [-0.05, 0) is 70.6 Å². The van der Waals surface area contributed by atoms with Crippen LogP contribution in [0, 0.1) is 0 Å². The van der Waals surface area contributed by atoms with E-state index < -0.39 is 12.1 Å². The maximum absolute atomic E-state index is 12.7. The molecule has 0 amide bonds. The minimum atomic E-state index is -0.807. The molecule has 6 nitrogen and oxygen atoms in total. The number of unbranched alkanes of at least 4 members (excludes halogenated alkanes) is 21. The van der Waals surface area contributed by atoms with Crippen molar-refractivity contribution >= 4 is 17.9 Å². The summed E-state index contributed by atoms with van der Waals surface area (Å²) in [6, 6.07) is 0. The topological polar surface area (TPSA) is 78.9 Å². The van der Waals surface area contributed by atoms with Crippen molar-refractivity contribution in [2.75, 3.05) is 13.2 Å². The molecule has 57 heavy (non-hydrogen) atoms. The Labute approximate surface area is 351 Å². The van der Waals surface area contributed by atoms with E-state index in [2.05, 4.69) is 69.4 Å². The van der Waals surface area contributed by atoms with Gasteiger partial charge < -0.3 is 14.2 Å². The van der Waals surface area contributed by atoms with Gasteiger partial charge in [0.2, 0.25) is 0 Å². The first kappa shape index (κ1) is 54.1. The van der Waals surface area contributed by atoms with Crippen molar-refractivity contribution in [1.82, 2.24) is 0 Å². The lowest BCUT2D eigenvalue weighted by molar-refractivity contribution is -0.166. The third kappa shape index (κ3) is 44.1. The largest absolute Gasteiger partial charge is 0.462 e. The summed E-state index contributed by atoms with van der Waals surface area (Å²) in [6.45, 7) is 6.40. The SMILES string of the molecule is CC/C=C\C/C=C\C/C=C\C/C=C\CCC(=O)OC(COC(=O)CCCCCCCCC)COC(=O)CCCCCCCCCCC/C=C\CCCCCCCC. The number of hydrogen-bond donors (Lipinski definition) is 0. The molecule has 0 aliphatic heterocycles. The fraction of sp³-hybridized carbons (Fsp3) is 0.745. The second-order valence-electron chi connectivity index (χ2n) is 15.6. The smallest absolute Gasteiger partial charge is 0.306 e. The molecule has 328 valence electrons. The van der Waals surface area contributed by atoms with Gasteiger partial charge in [0, 0.05) is 19.3 Å². The van der Waals surface area contributed by atoms with Gasteiger partial charge >= 0.3 is 17.9 Å². The van der Waals surface area contributed by atoms with Crippen molar-refractivity contribution in [3.05, 3.63) is 60.8 Å². The first-order valence-electron chi connectivity index (χ1n) is 23.8. The van der Waals surface area contributed by atoms with Crippen LogP contribution in [-0.2, 0) is 28.6 Å². The van der Waals surface area contributed by atoms with E-state index in [1.54, 1.807) is 0 Å². The Bertz CT molecular complexity index is 1050. The lowest BCUT2D eigenvalue weighted by atomic mass is 10.1. The number of carbonyl (C=O) groups excluding carboxylic acids is 3. The highest BCUT2D eigenvalue weighted by Crippen LogP contribution is 2.14. The minimum absolute atomic E-state index is 0.103. The van der Waals surface area contributed by atoms with Gasteiger partial charge in [-0.25, -0.2) is 0 Å². The number of esters is 3. The van der Waals surface area contributed by atoms with Crippen LogP contribution in [0.3, 0.4) is 0 Å². The summed E-state index contributed by atoms with van der Waals surface area (Å²) in [5, 5.41) is 0. The normalized spacial score (nSPS) is 12.5. The minimum Gasteiger partial charge on any atom is -0.462 e. The standard InChI is InChI=1S/C51H88O6/c1-4-7-10-13-16-18-20-22-23-24-25-26-27-29-30-32-35-38-41-44-50(53)56-47-48(46-55-49(52)43-40-37-34-15-12-9-6-3)57-51(54)45-42-39-36-33-31-28-21-19-17-14-11-8-5-2/h8,11,17,19,22-23,28,31,36,39,48H,4-7,9-10,12-16,18,20-21,24-27,29-30,32-35,37-38,40-47H2,1-3H3/b11-8-,19-17-,23-22-,31-28-,39-36-. The van der Waals surface area contributed by atoms with Crippen LogP contribution >= 0.6 is 0 Å². The fourth-order valence-electron chi connectivity index (χ4n) is 6.45. The summed E-state index contributed by atoms with van der Waals surface area (Å²) in [5.74, 6) is -0.995. The van der Waals surface area contributed by atoms with Gasteiger partial charge in [-0.2, -0.15) is 0 Å². The van der Waals surface area contributed by atoms with Crippen molar-refractivity contribution in [2.45, 2.75) is 232 Å². The number of ether oxygens (including phenoxy) is 3. The zero-order valence-corrected chi connectivity index (χ0v) is 37.3. The van der Waals surface area contributed by atoms with E-state index in [9.17, 15) is 14.4 Å². The van der Waals surface area contributed by atoms with E-state index in [4.69, 9.17) is 14.2 Å². The molecule has 0 N–H and O–H groups in total. The molecule has 0 fully saturated rings. The molecule has 0 aliphatic carbocycles. The van der Waals surface area contributed by atoms with Crippen molar-refractivity contribution in [3.8, 4) is 0 Å². The van der Waals surface area contributed by atoms with Crippen LogP contribution in [0.4, 0.5) is 0 Å². The number of allylic oxidation sites excluding steroid dienone is 10. The molecule has 0 saturated heterocycles. The molecule has 0 radical (unpaired) electrons. The van der Waals surface area contributed by atoms with Gasteiger partial charge in [-0.3, -0.25) is 14.4 Å². The van der Waals surface area contributed by atoms with Gasteiger partial charge in [0.25, 0.3) is 0 Å². The van der Waals surface area contributed by atoms with Crippen molar-refractivity contribution in [1.29, 1.82) is 0 Å². The summed E-state index contributed by atoms with van der Waals surface area (Å²) in [6.07, 6.45) is 55.2. The van der Waals surface area contributed by atoms with Crippen LogP contribution in [0.5, 0.6) is 0 Å². The maximum Gasteiger partial charge on any atom is 0.306 e. The Morgan fingerprint density at radius 1 is 0.368 bits per heavy atom. The van der Waals surface area contributed by atoms with Crippen LogP contribution in [-0.4, -0.2) is 37.2 Å². The predicted octanol–water partition coefficient (Wildman–Crippen LogP) is 15.3. The first-order valence-corrected chi connectivity index (χ1v) is 23.8. The zero-order valence-electron chi connectivity index (χ0n) is 37.3. The Morgan fingerprint density at radius 2 is 0.719 bits per heavy atom. The monoisotopic (exact) mass is 797 g/mol. The van der Waals surface area contributed by atoms with Gasteiger partial charge in [0.05, 0.1) is 0 Å². The van der Waals surface area contributed by atoms with Crippen molar-refractivity contribution in [2.24, 2.45) is 0 Å². The molecular formula is C51H88O6. The average Bonchev–Trinajstić information content (AvgIpc) is 3.21. The molecule has 0 heterocycles. The molecule has 6 heteroatoms. The lowest BCUT2D eigenvalue weighted by Crippen LogP contribution is -2.30. The van der Waals surface area contributed by atoms with Gasteiger partial charge in [0.15, 0.2) is 6.10 Å². The molecule has 0 rings (SSSR count). The van der Waals surface area contributed by atoms with E-state index in [0.29, 0.717) is 19.3 Å². The highest BCUT2D eigenvalue weighted by Gasteiger charge is 2.19. The van der Waals surface area contributed by atoms with Crippen molar-refractivity contribution < 1.29 is 28.6 Å². The summed E-state index contributed by atoms with van der Waals surface area (Å²) >= 11 is 0. The van der Waals surface area contributed by atoms with E-state index >= 15 is 0 Å². The molecule has 0 aliphatic rings.